The molecule has 0 radical (unpaired) electrons. The van der Waals surface area contributed by atoms with Gasteiger partial charge in [-0.15, -0.1) is 0 Å². The van der Waals surface area contributed by atoms with Gasteiger partial charge in [0.15, 0.2) is 11.5 Å². The Kier molecular flexibility index (Phi) is 5.04. The monoisotopic (exact) mass is 443 g/mol. The van der Waals surface area contributed by atoms with Gasteiger partial charge in [0.25, 0.3) is 0 Å². The molecule has 1 amide bonds. The highest BCUT2D eigenvalue weighted by molar-refractivity contribution is 9.10. The van der Waals surface area contributed by atoms with Crippen LogP contribution in [0.1, 0.15) is 18.2 Å². The van der Waals surface area contributed by atoms with Crippen molar-refractivity contribution >= 4 is 27.5 Å². The number of ether oxygens (including phenoxy) is 2. The fraction of sp³-hybridized carbons (Fsp3) is 0.250. The molecule has 0 saturated carbocycles. The highest BCUT2D eigenvalue weighted by Gasteiger charge is 2.38. The Morgan fingerprint density at radius 2 is 1.93 bits per heavy atom. The molecule has 144 valence electrons. The quantitative estimate of drug-likeness (QED) is 0.591. The van der Waals surface area contributed by atoms with E-state index in [1.807, 2.05) is 30.3 Å². The van der Waals surface area contributed by atoms with Crippen LogP contribution in [0.5, 0.6) is 11.5 Å². The maximum absolute atomic E-state index is 12.9. The van der Waals surface area contributed by atoms with Crippen LogP contribution in [0.15, 0.2) is 51.5 Å². The summed E-state index contributed by atoms with van der Waals surface area (Å²) in [6.07, 6.45) is 0.619. The third-order valence-corrected chi connectivity index (χ3v) is 5.40. The molecule has 0 aliphatic carbocycles. The molecule has 1 aliphatic rings. The van der Waals surface area contributed by atoms with Crippen LogP contribution in [-0.4, -0.2) is 36.8 Å². The van der Waals surface area contributed by atoms with E-state index in [1.54, 1.807) is 31.3 Å². The Balaban J connectivity index is 1.58. The van der Waals surface area contributed by atoms with Crippen LogP contribution in [-0.2, 0) is 4.79 Å². The van der Waals surface area contributed by atoms with Gasteiger partial charge in [-0.05, 0) is 52.7 Å². The average Bonchev–Trinajstić information content (AvgIpc) is 3.34. The zero-order valence-corrected chi connectivity index (χ0v) is 17.0. The third kappa shape index (κ3) is 3.24. The van der Waals surface area contributed by atoms with Gasteiger partial charge in [0.1, 0.15) is 5.92 Å². The number of rotatable bonds is 5. The first-order chi connectivity index (χ1) is 13.6. The summed E-state index contributed by atoms with van der Waals surface area (Å²) in [6, 6.07) is 13.0. The number of hydrogen-bond acceptors (Lipinski definition) is 6. The summed E-state index contributed by atoms with van der Waals surface area (Å²) in [4.78, 5) is 19.1. The molecule has 4 rings (SSSR count). The fourth-order valence-corrected chi connectivity index (χ4v) is 3.79. The molecule has 1 atom stereocenters. The topological polar surface area (TPSA) is 77.7 Å². The van der Waals surface area contributed by atoms with E-state index >= 15 is 0 Å². The summed E-state index contributed by atoms with van der Waals surface area (Å²) < 4.78 is 16.9. The molecule has 8 heteroatoms. The van der Waals surface area contributed by atoms with Gasteiger partial charge in [0.2, 0.25) is 17.6 Å². The van der Waals surface area contributed by atoms with Gasteiger partial charge >= 0.3 is 0 Å². The van der Waals surface area contributed by atoms with E-state index in [-0.39, 0.29) is 5.91 Å². The molecule has 1 saturated heterocycles. The molecular weight excluding hydrogens is 426 g/mol. The highest BCUT2D eigenvalue weighted by atomic mass is 79.9. The first-order valence-electron chi connectivity index (χ1n) is 8.74. The predicted molar refractivity (Wildman–Crippen MR) is 107 cm³/mol. The number of para-hydroxylation sites is 1. The standard InChI is InChI=1S/C20H18BrN3O4/c1-26-16-8-7-12(11-17(16)27-2)18-22-19(28-23-18)13-9-10-24(20(13)25)15-6-4-3-5-14(15)21/h3-8,11,13H,9-10H2,1-2H3. The molecule has 2 heterocycles. The van der Waals surface area contributed by atoms with Gasteiger partial charge in [-0.25, -0.2) is 0 Å². The van der Waals surface area contributed by atoms with E-state index in [2.05, 4.69) is 26.1 Å². The fourth-order valence-electron chi connectivity index (χ4n) is 3.29. The summed E-state index contributed by atoms with van der Waals surface area (Å²) in [7, 11) is 3.14. The Hall–Kier alpha value is -2.87. The van der Waals surface area contributed by atoms with Crippen molar-refractivity contribution < 1.29 is 18.8 Å². The van der Waals surface area contributed by atoms with Crippen molar-refractivity contribution in [2.75, 3.05) is 25.7 Å². The van der Waals surface area contributed by atoms with Crippen LogP contribution in [0.4, 0.5) is 5.69 Å². The van der Waals surface area contributed by atoms with Gasteiger partial charge in [-0.1, -0.05) is 17.3 Å². The summed E-state index contributed by atoms with van der Waals surface area (Å²) in [5, 5.41) is 4.05. The van der Waals surface area contributed by atoms with E-state index in [9.17, 15) is 4.79 Å². The van der Waals surface area contributed by atoms with Gasteiger partial charge < -0.3 is 18.9 Å². The first-order valence-corrected chi connectivity index (χ1v) is 9.53. The average molecular weight is 444 g/mol. The highest BCUT2D eigenvalue weighted by Crippen LogP contribution is 2.36. The molecule has 1 aliphatic heterocycles. The second kappa shape index (κ2) is 7.63. The number of carbonyl (C=O) groups excluding carboxylic acids is 1. The minimum Gasteiger partial charge on any atom is -0.493 e. The molecule has 2 aromatic carbocycles. The van der Waals surface area contributed by atoms with Crippen molar-refractivity contribution in [3.63, 3.8) is 0 Å². The number of nitrogens with zero attached hydrogens (tertiary/aromatic N) is 3. The number of amides is 1. The second-order valence-electron chi connectivity index (χ2n) is 6.31. The largest absolute Gasteiger partial charge is 0.493 e. The molecule has 3 aromatic rings. The molecule has 1 fully saturated rings. The molecule has 0 N–H and O–H groups in total. The van der Waals surface area contributed by atoms with Crippen molar-refractivity contribution in [1.82, 2.24) is 10.1 Å². The van der Waals surface area contributed by atoms with Crippen LogP contribution < -0.4 is 14.4 Å². The molecule has 1 aromatic heterocycles. The van der Waals surface area contributed by atoms with Crippen LogP contribution >= 0.6 is 15.9 Å². The van der Waals surface area contributed by atoms with Crippen molar-refractivity contribution in [2.45, 2.75) is 12.3 Å². The lowest BCUT2D eigenvalue weighted by atomic mass is 10.1. The van der Waals surface area contributed by atoms with Gasteiger partial charge in [-0.2, -0.15) is 4.98 Å². The molecule has 7 nitrogen and oxygen atoms in total. The number of aromatic nitrogens is 2. The van der Waals surface area contributed by atoms with Crippen LogP contribution in [0.3, 0.4) is 0 Å². The van der Waals surface area contributed by atoms with Gasteiger partial charge in [-0.3, -0.25) is 4.79 Å². The van der Waals surface area contributed by atoms with Crippen LogP contribution in [0.2, 0.25) is 0 Å². The number of halogens is 1. The maximum Gasteiger partial charge on any atom is 0.239 e. The minimum atomic E-state index is -0.450. The van der Waals surface area contributed by atoms with E-state index in [1.165, 1.54) is 0 Å². The lowest BCUT2D eigenvalue weighted by Crippen LogP contribution is -2.26. The zero-order chi connectivity index (χ0) is 19.7. The normalized spacial score (nSPS) is 16.5. The molecule has 0 spiro atoms. The summed E-state index contributed by atoms with van der Waals surface area (Å²) in [6.45, 7) is 0.597. The van der Waals surface area contributed by atoms with E-state index in [4.69, 9.17) is 14.0 Å². The summed E-state index contributed by atoms with van der Waals surface area (Å²) in [5.74, 6) is 1.42. The van der Waals surface area contributed by atoms with Gasteiger partial charge in [0.05, 0.1) is 19.9 Å². The Bertz CT molecular complexity index is 1020. The first kappa shape index (κ1) is 18.5. The summed E-state index contributed by atoms with van der Waals surface area (Å²) in [5.41, 5.74) is 1.57. The number of benzene rings is 2. The maximum atomic E-state index is 12.9. The predicted octanol–water partition coefficient (Wildman–Crippen LogP) is 4.04. The smallest absolute Gasteiger partial charge is 0.239 e. The van der Waals surface area contributed by atoms with Crippen LogP contribution in [0, 0.1) is 0 Å². The van der Waals surface area contributed by atoms with E-state index < -0.39 is 5.92 Å². The minimum absolute atomic E-state index is 0.0468. The lowest BCUT2D eigenvalue weighted by molar-refractivity contribution is -0.118. The zero-order valence-electron chi connectivity index (χ0n) is 15.4. The van der Waals surface area contributed by atoms with Crippen LogP contribution in [0.25, 0.3) is 11.4 Å². The third-order valence-electron chi connectivity index (χ3n) is 4.73. The van der Waals surface area contributed by atoms with Gasteiger partial charge in [0, 0.05) is 16.6 Å². The molecule has 1 unspecified atom stereocenters. The molecular formula is C20H18BrN3O4. The van der Waals surface area contributed by atoms with Crippen molar-refractivity contribution in [3.8, 4) is 22.9 Å². The molecule has 28 heavy (non-hydrogen) atoms. The second-order valence-corrected chi connectivity index (χ2v) is 7.16. The Morgan fingerprint density at radius 1 is 1.14 bits per heavy atom. The SMILES string of the molecule is COc1ccc(-c2noc(C3CCN(c4ccccc4Br)C3=O)n2)cc1OC. The van der Waals surface area contributed by atoms with Crippen molar-refractivity contribution in [1.29, 1.82) is 0 Å². The van der Waals surface area contributed by atoms with E-state index in [0.717, 1.165) is 15.7 Å². The molecule has 0 bridgehead atoms. The van der Waals surface area contributed by atoms with Crippen molar-refractivity contribution in [2.24, 2.45) is 0 Å². The Labute approximate surface area is 170 Å². The van der Waals surface area contributed by atoms with Crippen molar-refractivity contribution in [3.05, 3.63) is 52.8 Å². The lowest BCUT2D eigenvalue weighted by Gasteiger charge is -2.17. The number of hydrogen-bond donors (Lipinski definition) is 0. The number of anilines is 1. The number of methoxy groups -OCH3 is 2. The number of carbonyl (C=O) groups is 1. The summed E-state index contributed by atoms with van der Waals surface area (Å²) >= 11 is 3.50. The Morgan fingerprint density at radius 3 is 2.68 bits per heavy atom. The van der Waals surface area contributed by atoms with E-state index in [0.29, 0.717) is 36.2 Å².